The molecule has 106 valence electrons. The summed E-state index contributed by atoms with van der Waals surface area (Å²) in [7, 11) is 3.29. The first-order valence-corrected chi connectivity index (χ1v) is 6.84. The first kappa shape index (κ1) is 16.1. The number of ether oxygens (including phenoxy) is 2. The van der Waals surface area contributed by atoms with Crippen LogP contribution in [0.2, 0.25) is 0 Å². The Hall–Kier alpha value is -0.930. The van der Waals surface area contributed by atoms with Gasteiger partial charge in [-0.1, -0.05) is 0 Å². The van der Waals surface area contributed by atoms with Crippen LogP contribution in [-0.2, 0) is 9.47 Å². The van der Waals surface area contributed by atoms with Crippen LogP contribution >= 0.6 is 22.6 Å². The number of nitrogens with zero attached hydrogens (tertiary/aromatic N) is 2. The van der Waals surface area contributed by atoms with E-state index < -0.39 is 0 Å². The van der Waals surface area contributed by atoms with E-state index in [-0.39, 0.29) is 10.6 Å². The summed E-state index contributed by atoms with van der Waals surface area (Å²) in [5.41, 5.74) is 1.06. The van der Waals surface area contributed by atoms with Gasteiger partial charge in [-0.3, -0.25) is 10.1 Å². The Morgan fingerprint density at radius 3 is 2.26 bits per heavy atom. The lowest BCUT2D eigenvalue weighted by Crippen LogP contribution is -2.30. The summed E-state index contributed by atoms with van der Waals surface area (Å²) in [6.45, 7) is 2.62. The summed E-state index contributed by atoms with van der Waals surface area (Å²) < 4.78 is 10.8. The molecule has 0 saturated carbocycles. The van der Waals surface area contributed by atoms with Crippen LogP contribution in [0.5, 0.6) is 0 Å². The summed E-state index contributed by atoms with van der Waals surface area (Å²) in [5, 5.41) is 10.8. The number of methoxy groups -OCH3 is 2. The van der Waals surface area contributed by atoms with Crippen molar-refractivity contribution in [3.8, 4) is 0 Å². The second-order valence-corrected chi connectivity index (χ2v) is 5.03. The predicted octanol–water partition coefficient (Wildman–Crippen LogP) is 2.30. The average molecular weight is 380 g/mol. The zero-order valence-electron chi connectivity index (χ0n) is 11.0. The normalized spacial score (nSPS) is 10.5. The van der Waals surface area contributed by atoms with Gasteiger partial charge in [-0.25, -0.2) is 0 Å². The minimum Gasteiger partial charge on any atom is -0.383 e. The van der Waals surface area contributed by atoms with Crippen molar-refractivity contribution in [2.75, 3.05) is 45.4 Å². The van der Waals surface area contributed by atoms with Gasteiger partial charge in [-0.05, 0) is 34.7 Å². The van der Waals surface area contributed by atoms with Gasteiger partial charge in [0, 0.05) is 39.1 Å². The molecule has 0 spiro atoms. The summed E-state index contributed by atoms with van der Waals surface area (Å²) in [6, 6.07) is 5.10. The fourth-order valence-electron chi connectivity index (χ4n) is 1.61. The Morgan fingerprint density at radius 2 is 1.84 bits per heavy atom. The molecule has 1 aromatic carbocycles. The van der Waals surface area contributed by atoms with Crippen LogP contribution in [0.1, 0.15) is 0 Å². The van der Waals surface area contributed by atoms with E-state index in [0.717, 1.165) is 5.69 Å². The van der Waals surface area contributed by atoms with Gasteiger partial charge < -0.3 is 14.4 Å². The number of anilines is 1. The molecule has 19 heavy (non-hydrogen) atoms. The number of nitro groups is 1. The molecule has 7 heteroatoms. The van der Waals surface area contributed by atoms with Crippen LogP contribution in [-0.4, -0.2) is 45.4 Å². The van der Waals surface area contributed by atoms with Gasteiger partial charge in [0.2, 0.25) is 0 Å². The Kier molecular flexibility index (Phi) is 7.03. The minimum absolute atomic E-state index is 0.128. The quantitative estimate of drug-likeness (QED) is 0.394. The average Bonchev–Trinajstić information content (AvgIpc) is 2.38. The predicted molar refractivity (Wildman–Crippen MR) is 81.8 cm³/mol. The van der Waals surface area contributed by atoms with Crippen molar-refractivity contribution >= 4 is 34.0 Å². The molecular formula is C12H17IN2O4. The van der Waals surface area contributed by atoms with E-state index in [2.05, 4.69) is 4.90 Å². The number of nitro benzene ring substituents is 1. The molecule has 0 aromatic heterocycles. The number of benzene rings is 1. The Labute approximate surface area is 126 Å². The monoisotopic (exact) mass is 380 g/mol. The topological polar surface area (TPSA) is 64.8 Å². The van der Waals surface area contributed by atoms with Crippen molar-refractivity contribution in [3.63, 3.8) is 0 Å². The molecule has 0 unspecified atom stereocenters. The van der Waals surface area contributed by atoms with Gasteiger partial charge in [0.1, 0.15) is 0 Å². The maximum atomic E-state index is 10.8. The standard InChI is InChI=1S/C12H17IN2O4/c1-18-7-5-14(6-8-19-2)10-3-4-12(15(16)17)11(13)9-10/h3-4,9H,5-8H2,1-2H3. The van der Waals surface area contributed by atoms with E-state index in [9.17, 15) is 10.1 Å². The molecule has 0 aliphatic carbocycles. The molecule has 0 aliphatic rings. The molecule has 0 aliphatic heterocycles. The Bertz CT molecular complexity index is 420. The fourth-order valence-corrected chi connectivity index (χ4v) is 2.31. The van der Waals surface area contributed by atoms with Gasteiger partial charge in [0.05, 0.1) is 21.7 Å². The highest BCUT2D eigenvalue weighted by Crippen LogP contribution is 2.26. The second kappa shape index (κ2) is 8.28. The van der Waals surface area contributed by atoms with Crippen molar-refractivity contribution < 1.29 is 14.4 Å². The van der Waals surface area contributed by atoms with Crippen LogP contribution in [0, 0.1) is 13.7 Å². The van der Waals surface area contributed by atoms with Crippen molar-refractivity contribution in [1.29, 1.82) is 0 Å². The molecule has 1 aromatic rings. The van der Waals surface area contributed by atoms with E-state index >= 15 is 0 Å². The van der Waals surface area contributed by atoms with Crippen LogP contribution in [0.15, 0.2) is 18.2 Å². The summed E-state index contributed by atoms with van der Waals surface area (Å²) in [6.07, 6.45) is 0. The largest absolute Gasteiger partial charge is 0.383 e. The first-order valence-electron chi connectivity index (χ1n) is 5.77. The van der Waals surface area contributed by atoms with Crippen molar-refractivity contribution in [2.24, 2.45) is 0 Å². The fraction of sp³-hybridized carbons (Fsp3) is 0.500. The van der Waals surface area contributed by atoms with Gasteiger partial charge in [-0.2, -0.15) is 0 Å². The Morgan fingerprint density at radius 1 is 1.26 bits per heavy atom. The van der Waals surface area contributed by atoms with E-state index in [1.54, 1.807) is 20.3 Å². The lowest BCUT2D eigenvalue weighted by molar-refractivity contribution is -0.385. The molecule has 6 nitrogen and oxygen atoms in total. The number of hydrogen-bond donors (Lipinski definition) is 0. The van der Waals surface area contributed by atoms with E-state index in [4.69, 9.17) is 9.47 Å². The molecule has 0 heterocycles. The maximum Gasteiger partial charge on any atom is 0.282 e. The smallest absolute Gasteiger partial charge is 0.282 e. The highest BCUT2D eigenvalue weighted by atomic mass is 127. The number of hydrogen-bond acceptors (Lipinski definition) is 5. The summed E-state index contributed by atoms with van der Waals surface area (Å²) in [4.78, 5) is 12.5. The van der Waals surface area contributed by atoms with Crippen molar-refractivity contribution in [1.82, 2.24) is 0 Å². The van der Waals surface area contributed by atoms with E-state index in [1.807, 2.05) is 28.7 Å². The third kappa shape index (κ3) is 4.92. The summed E-state index contributed by atoms with van der Waals surface area (Å²) >= 11 is 1.98. The minimum atomic E-state index is -0.375. The molecule has 0 fully saturated rings. The van der Waals surface area contributed by atoms with E-state index in [1.165, 1.54) is 6.07 Å². The molecule has 0 saturated heterocycles. The van der Waals surface area contributed by atoms with Gasteiger partial charge in [0.25, 0.3) is 5.69 Å². The zero-order valence-corrected chi connectivity index (χ0v) is 13.1. The van der Waals surface area contributed by atoms with Gasteiger partial charge >= 0.3 is 0 Å². The molecule has 0 radical (unpaired) electrons. The lowest BCUT2D eigenvalue weighted by Gasteiger charge is -2.24. The molecular weight excluding hydrogens is 363 g/mol. The second-order valence-electron chi connectivity index (χ2n) is 3.87. The Balaban J connectivity index is 2.88. The van der Waals surface area contributed by atoms with Crippen molar-refractivity contribution in [2.45, 2.75) is 0 Å². The van der Waals surface area contributed by atoms with E-state index in [0.29, 0.717) is 29.9 Å². The molecule has 0 amide bonds. The third-order valence-corrected chi connectivity index (χ3v) is 3.49. The highest BCUT2D eigenvalue weighted by molar-refractivity contribution is 14.1. The van der Waals surface area contributed by atoms with Crippen LogP contribution in [0.25, 0.3) is 0 Å². The lowest BCUT2D eigenvalue weighted by atomic mass is 10.2. The third-order valence-electron chi connectivity index (χ3n) is 2.62. The highest BCUT2D eigenvalue weighted by Gasteiger charge is 2.14. The molecule has 1 rings (SSSR count). The zero-order chi connectivity index (χ0) is 14.3. The van der Waals surface area contributed by atoms with Crippen molar-refractivity contribution in [3.05, 3.63) is 31.9 Å². The molecule has 0 atom stereocenters. The van der Waals surface area contributed by atoms with Crippen LogP contribution < -0.4 is 4.90 Å². The number of rotatable bonds is 8. The van der Waals surface area contributed by atoms with Crippen LogP contribution in [0.3, 0.4) is 0 Å². The maximum absolute atomic E-state index is 10.8. The SMILES string of the molecule is COCCN(CCOC)c1ccc([N+](=O)[O-])c(I)c1. The van der Waals surface area contributed by atoms with Crippen LogP contribution in [0.4, 0.5) is 11.4 Å². The summed E-state index contributed by atoms with van der Waals surface area (Å²) in [5.74, 6) is 0. The first-order chi connectivity index (χ1) is 9.10. The molecule has 0 bridgehead atoms. The van der Waals surface area contributed by atoms with Gasteiger partial charge in [0.15, 0.2) is 0 Å². The molecule has 0 N–H and O–H groups in total. The number of halogens is 1. The van der Waals surface area contributed by atoms with Gasteiger partial charge in [-0.15, -0.1) is 0 Å².